The number of ether oxygens (including phenoxy) is 1. The topological polar surface area (TPSA) is 84.3 Å². The summed E-state index contributed by atoms with van der Waals surface area (Å²) in [5.74, 6) is -1.11. The first-order valence-corrected chi connectivity index (χ1v) is 11.4. The van der Waals surface area contributed by atoms with Crippen LogP contribution in [0.3, 0.4) is 0 Å². The van der Waals surface area contributed by atoms with E-state index < -0.39 is 11.5 Å². The second-order valence-corrected chi connectivity index (χ2v) is 7.82. The molecule has 2 N–H and O–H groups in total. The molecule has 0 spiro atoms. The molecule has 4 rings (SSSR count). The van der Waals surface area contributed by atoms with E-state index in [4.69, 9.17) is 0 Å². The molecule has 1 aliphatic carbocycles. The molecular weight excluding hydrogens is 467 g/mol. The number of nitrogens with one attached hydrogen (secondary N) is 1. The molecule has 2 aromatic heterocycles. The van der Waals surface area contributed by atoms with Crippen molar-refractivity contribution in [1.82, 2.24) is 8.96 Å². The third-order valence-electron chi connectivity index (χ3n) is 4.82. The third kappa shape index (κ3) is 2.54. The summed E-state index contributed by atoms with van der Waals surface area (Å²) in [6.07, 6.45) is 4.22. The van der Waals surface area contributed by atoms with Crippen LogP contribution >= 0.6 is 30.3 Å². The van der Waals surface area contributed by atoms with Crippen LogP contribution in [-0.2, 0) is 17.6 Å². The number of rotatable bonds is 2. The summed E-state index contributed by atoms with van der Waals surface area (Å²) in [6, 6.07) is 6.06. The van der Waals surface area contributed by atoms with E-state index in [0.29, 0.717) is 17.7 Å². The Morgan fingerprint density at radius 3 is 2.81 bits per heavy atom. The predicted molar refractivity (Wildman–Crippen MR) is 110 cm³/mol. The Kier molecular flexibility index (Phi) is 4.47. The fourth-order valence-corrected chi connectivity index (χ4v) is 5.02. The molecule has 134 valence electrons. The third-order valence-corrected chi connectivity index (χ3v) is 6.57. The normalized spacial score (nSPS) is 13.2. The zero-order valence-corrected chi connectivity index (χ0v) is 16.8. The molecule has 2 heterocycles. The minimum atomic E-state index is -0.831. The maximum Gasteiger partial charge on any atom is 0.347 e. The molecule has 0 radical (unpaired) electrons. The number of carbonyl (C=O) groups excluding carboxylic acids is 1. The van der Waals surface area contributed by atoms with Gasteiger partial charge in [-0.1, -0.05) is 6.07 Å². The molecule has 0 atom stereocenters. The van der Waals surface area contributed by atoms with Gasteiger partial charge in [-0.25, -0.2) is 4.79 Å². The van der Waals surface area contributed by atoms with Crippen LogP contribution < -0.4 is 5.56 Å². The van der Waals surface area contributed by atoms with Crippen LogP contribution in [-0.4, -0.2) is 27.1 Å². The second-order valence-electron chi connectivity index (χ2n) is 6.11. The summed E-state index contributed by atoms with van der Waals surface area (Å²) < 4.78 is 6.72. The van der Waals surface area contributed by atoms with Gasteiger partial charge >= 0.3 is 5.97 Å². The monoisotopic (exact) mass is 482 g/mol. The molecule has 0 saturated heterocycles. The number of fused-ring (bicyclic) bond motifs is 5. The lowest BCUT2D eigenvalue weighted by Crippen LogP contribution is -2.21. The number of H-pyrrole nitrogens is 1. The number of aromatic hydroxyl groups is 1. The summed E-state index contributed by atoms with van der Waals surface area (Å²) in [4.78, 5) is 27.1. The number of nitrogens with zero attached hydrogens (tertiary/aromatic N) is 1. The van der Waals surface area contributed by atoms with Crippen LogP contribution in [0.25, 0.3) is 22.2 Å². The van der Waals surface area contributed by atoms with Gasteiger partial charge < -0.3 is 14.8 Å². The van der Waals surface area contributed by atoms with E-state index in [2.05, 4.69) is 41.0 Å². The number of aryl methyl sites for hydroxylation is 1. The van der Waals surface area contributed by atoms with Crippen molar-refractivity contribution in [2.45, 2.75) is 19.3 Å². The van der Waals surface area contributed by atoms with Gasteiger partial charge in [-0.15, -0.1) is 0 Å². The lowest BCUT2D eigenvalue weighted by atomic mass is 9.97. The van der Waals surface area contributed by atoms with E-state index in [1.807, 2.05) is 18.3 Å². The number of benzene rings is 1. The van der Waals surface area contributed by atoms with Crippen molar-refractivity contribution in [3.8, 4) is 17.0 Å². The highest BCUT2D eigenvalue weighted by Gasteiger charge is 2.27. The molecular formula is C18H15IN2O4S. The number of hydrogen-bond donors (Lipinski definition) is 2. The summed E-state index contributed by atoms with van der Waals surface area (Å²) in [6.45, 7) is 0. The molecule has 0 saturated carbocycles. The van der Waals surface area contributed by atoms with Crippen LogP contribution in [0.1, 0.15) is 27.9 Å². The zero-order chi connectivity index (χ0) is 18.4. The average Bonchev–Trinajstić information content (AvgIpc) is 2.97. The maximum atomic E-state index is 12.4. The SMILES string of the molecule is COC(=O)c1c(O)c2c([nH]c1=O)-c1ccc3c(ccn3SI)c1CCC2. The van der Waals surface area contributed by atoms with Gasteiger partial charge in [0.1, 0.15) is 5.75 Å². The van der Waals surface area contributed by atoms with Crippen molar-refractivity contribution >= 4 is 47.2 Å². The van der Waals surface area contributed by atoms with Gasteiger partial charge in [0.2, 0.25) is 0 Å². The second kappa shape index (κ2) is 6.66. The van der Waals surface area contributed by atoms with Crippen molar-refractivity contribution in [3.05, 3.63) is 51.4 Å². The Balaban J connectivity index is 2.02. The Morgan fingerprint density at radius 2 is 2.08 bits per heavy atom. The van der Waals surface area contributed by atoms with Crippen LogP contribution in [0.15, 0.2) is 29.2 Å². The van der Waals surface area contributed by atoms with Crippen molar-refractivity contribution in [3.63, 3.8) is 0 Å². The number of halogens is 1. The van der Waals surface area contributed by atoms with E-state index in [0.717, 1.165) is 34.9 Å². The van der Waals surface area contributed by atoms with Crippen LogP contribution in [0.2, 0.25) is 0 Å². The number of carbonyl (C=O) groups is 1. The van der Waals surface area contributed by atoms with E-state index in [1.165, 1.54) is 7.11 Å². The molecule has 6 nitrogen and oxygen atoms in total. The predicted octanol–water partition coefficient (Wildman–Crippen LogP) is 3.82. The summed E-state index contributed by atoms with van der Waals surface area (Å²) >= 11 is 2.24. The number of hydrogen-bond acceptors (Lipinski definition) is 5. The van der Waals surface area contributed by atoms with Gasteiger partial charge in [0.05, 0.1) is 18.3 Å². The molecule has 0 unspecified atom stereocenters. The standard InChI is InChI=1S/C18H15IN2O4S/c1-25-18(24)14-16(22)12-4-2-3-9-10-7-8-21(26-19)13(10)6-5-11(9)15(12)20-17(14)23/h5-8H,2-4H2,1H3,(H2,20,22,23). The van der Waals surface area contributed by atoms with Gasteiger partial charge in [0.15, 0.2) is 5.56 Å². The van der Waals surface area contributed by atoms with Crippen LogP contribution in [0.4, 0.5) is 0 Å². The minimum Gasteiger partial charge on any atom is -0.506 e. The first kappa shape index (κ1) is 17.5. The Hall–Kier alpha value is -1.94. The van der Waals surface area contributed by atoms with Crippen LogP contribution in [0.5, 0.6) is 5.75 Å². The van der Waals surface area contributed by atoms with E-state index in [1.54, 1.807) is 9.12 Å². The Bertz CT molecular complexity index is 1100. The zero-order valence-electron chi connectivity index (χ0n) is 13.8. The number of pyridine rings is 1. The molecule has 1 aromatic carbocycles. The van der Waals surface area contributed by atoms with Crippen molar-refractivity contribution in [2.24, 2.45) is 0 Å². The van der Waals surface area contributed by atoms with E-state index >= 15 is 0 Å². The first-order valence-electron chi connectivity index (χ1n) is 8.05. The molecule has 0 amide bonds. The highest BCUT2D eigenvalue weighted by atomic mass is 127. The fraction of sp³-hybridized carbons (Fsp3) is 0.222. The highest BCUT2D eigenvalue weighted by Crippen LogP contribution is 2.39. The maximum absolute atomic E-state index is 12.4. The molecule has 0 fully saturated rings. The molecule has 0 aliphatic heterocycles. The highest BCUT2D eigenvalue weighted by molar-refractivity contribution is 14.2. The first-order chi connectivity index (χ1) is 12.6. The van der Waals surface area contributed by atoms with Gasteiger partial charge in [-0.05, 0) is 37.0 Å². The summed E-state index contributed by atoms with van der Waals surface area (Å²) in [5, 5.41) is 11.7. The molecule has 26 heavy (non-hydrogen) atoms. The van der Waals surface area contributed by atoms with E-state index in [-0.39, 0.29) is 11.3 Å². The summed E-state index contributed by atoms with van der Waals surface area (Å²) in [7, 11) is 2.79. The lowest BCUT2D eigenvalue weighted by Gasteiger charge is -2.13. The largest absolute Gasteiger partial charge is 0.506 e. The summed E-state index contributed by atoms with van der Waals surface area (Å²) in [5.41, 5.74) is 3.36. The smallest absolute Gasteiger partial charge is 0.347 e. The Morgan fingerprint density at radius 1 is 1.31 bits per heavy atom. The molecule has 0 bridgehead atoms. The lowest BCUT2D eigenvalue weighted by molar-refractivity contribution is 0.0595. The van der Waals surface area contributed by atoms with Crippen LogP contribution in [0, 0.1) is 0 Å². The van der Waals surface area contributed by atoms with Crippen molar-refractivity contribution < 1.29 is 14.6 Å². The number of esters is 1. The molecule has 8 heteroatoms. The average molecular weight is 482 g/mol. The van der Waals surface area contributed by atoms with Crippen molar-refractivity contribution in [2.75, 3.05) is 7.11 Å². The van der Waals surface area contributed by atoms with Crippen molar-refractivity contribution in [1.29, 1.82) is 0 Å². The van der Waals surface area contributed by atoms with Gasteiger partial charge in [0.25, 0.3) is 5.56 Å². The molecule has 3 aromatic rings. The van der Waals surface area contributed by atoms with Gasteiger partial charge in [-0.2, -0.15) is 0 Å². The Labute approximate surface area is 165 Å². The minimum absolute atomic E-state index is 0.274. The number of aromatic nitrogens is 2. The van der Waals surface area contributed by atoms with Gasteiger partial charge in [-0.3, -0.25) is 8.77 Å². The van der Waals surface area contributed by atoms with Gasteiger partial charge in [0, 0.05) is 53.0 Å². The quantitative estimate of drug-likeness (QED) is 0.429. The fourth-order valence-electron chi connectivity index (χ4n) is 3.65. The molecule has 1 aliphatic rings. The number of aromatic amines is 1. The van der Waals surface area contributed by atoms with E-state index in [9.17, 15) is 14.7 Å². The number of methoxy groups -OCH3 is 1.